The molecule has 6 heteroatoms. The predicted molar refractivity (Wildman–Crippen MR) is 66.7 cm³/mol. The number of thiol groups is 1. The lowest BCUT2D eigenvalue weighted by molar-refractivity contribution is 0.414. The minimum Gasteiger partial charge on any atom is -0.497 e. The van der Waals surface area contributed by atoms with Crippen LogP contribution in [0, 0.1) is 0 Å². The number of nitrogens with one attached hydrogen (secondary N) is 1. The quantitative estimate of drug-likeness (QED) is 0.599. The van der Waals surface area contributed by atoms with Gasteiger partial charge in [-0.2, -0.15) is 12.6 Å². The summed E-state index contributed by atoms with van der Waals surface area (Å²) in [4.78, 5) is 0.243. The van der Waals surface area contributed by atoms with E-state index in [1.807, 2.05) is 0 Å². The van der Waals surface area contributed by atoms with E-state index in [-0.39, 0.29) is 4.90 Å². The second kappa shape index (κ2) is 6.12. The van der Waals surface area contributed by atoms with Crippen molar-refractivity contribution >= 4 is 22.7 Å². The number of rotatable bonds is 6. The zero-order valence-corrected chi connectivity index (χ0v) is 10.7. The number of ether oxygens (including phenoxy) is 1. The van der Waals surface area contributed by atoms with Crippen molar-refractivity contribution < 1.29 is 13.2 Å². The van der Waals surface area contributed by atoms with Gasteiger partial charge in [-0.25, -0.2) is 13.1 Å². The van der Waals surface area contributed by atoms with E-state index in [0.29, 0.717) is 24.5 Å². The Balaban J connectivity index is 2.74. The van der Waals surface area contributed by atoms with Crippen molar-refractivity contribution in [2.24, 2.45) is 0 Å². The van der Waals surface area contributed by atoms with Gasteiger partial charge < -0.3 is 4.74 Å². The molecule has 4 nitrogen and oxygen atoms in total. The summed E-state index contributed by atoms with van der Waals surface area (Å²) in [6.07, 6.45) is 0.707. The van der Waals surface area contributed by atoms with Crippen LogP contribution in [0.1, 0.15) is 6.42 Å². The Hall–Kier alpha value is -0.720. The Morgan fingerprint density at radius 2 is 1.94 bits per heavy atom. The van der Waals surface area contributed by atoms with Crippen molar-refractivity contribution in [3.63, 3.8) is 0 Å². The van der Waals surface area contributed by atoms with Gasteiger partial charge in [0.15, 0.2) is 0 Å². The Bertz CT molecular complexity index is 414. The first-order valence-electron chi connectivity index (χ1n) is 4.85. The van der Waals surface area contributed by atoms with E-state index in [2.05, 4.69) is 17.4 Å². The van der Waals surface area contributed by atoms with Gasteiger partial charge in [0.05, 0.1) is 12.0 Å². The highest BCUT2D eigenvalue weighted by Crippen LogP contribution is 2.15. The van der Waals surface area contributed by atoms with Crippen molar-refractivity contribution in [3.8, 4) is 5.75 Å². The Morgan fingerprint density at radius 1 is 1.31 bits per heavy atom. The second-order valence-electron chi connectivity index (χ2n) is 3.15. The van der Waals surface area contributed by atoms with Gasteiger partial charge in [-0.3, -0.25) is 0 Å². The molecule has 16 heavy (non-hydrogen) atoms. The molecule has 1 N–H and O–H groups in total. The lowest BCUT2D eigenvalue weighted by Crippen LogP contribution is -2.24. The average Bonchev–Trinajstić information content (AvgIpc) is 2.29. The van der Waals surface area contributed by atoms with Gasteiger partial charge in [0.25, 0.3) is 0 Å². The maximum atomic E-state index is 11.7. The van der Waals surface area contributed by atoms with Gasteiger partial charge in [-0.1, -0.05) is 0 Å². The van der Waals surface area contributed by atoms with Crippen LogP contribution in [0.15, 0.2) is 29.2 Å². The summed E-state index contributed by atoms with van der Waals surface area (Å²) >= 11 is 4.01. The molecule has 0 unspecified atom stereocenters. The van der Waals surface area contributed by atoms with E-state index in [1.54, 1.807) is 12.1 Å². The Kier molecular flexibility index (Phi) is 5.11. The molecule has 1 aromatic rings. The lowest BCUT2D eigenvalue weighted by Gasteiger charge is -2.06. The molecule has 0 radical (unpaired) electrons. The van der Waals surface area contributed by atoms with Crippen LogP contribution in [0.25, 0.3) is 0 Å². The summed E-state index contributed by atoms with van der Waals surface area (Å²) in [5.74, 6) is 1.29. The van der Waals surface area contributed by atoms with Crippen LogP contribution >= 0.6 is 12.6 Å². The fourth-order valence-electron chi connectivity index (χ4n) is 1.12. The van der Waals surface area contributed by atoms with E-state index >= 15 is 0 Å². The molecule has 1 aromatic carbocycles. The van der Waals surface area contributed by atoms with Crippen molar-refractivity contribution in [3.05, 3.63) is 24.3 Å². The standard InChI is InChI=1S/C10H15NO3S2/c1-14-9-3-5-10(6-4-9)16(12,13)11-7-2-8-15/h3-6,11,15H,2,7-8H2,1H3. The Labute approximate surface area is 101 Å². The molecule has 0 aromatic heterocycles. The molecule has 0 aliphatic heterocycles. The van der Waals surface area contributed by atoms with E-state index < -0.39 is 10.0 Å². The predicted octanol–water partition coefficient (Wildman–Crippen LogP) is 1.29. The topological polar surface area (TPSA) is 55.4 Å². The smallest absolute Gasteiger partial charge is 0.240 e. The largest absolute Gasteiger partial charge is 0.497 e. The van der Waals surface area contributed by atoms with Gasteiger partial charge in [-0.05, 0) is 36.4 Å². The monoisotopic (exact) mass is 261 g/mol. The number of sulfonamides is 1. The van der Waals surface area contributed by atoms with Crippen LogP contribution in [0.3, 0.4) is 0 Å². The first-order valence-corrected chi connectivity index (χ1v) is 6.96. The minimum absolute atomic E-state index is 0.243. The molecule has 0 spiro atoms. The fraction of sp³-hybridized carbons (Fsp3) is 0.400. The number of hydrogen-bond donors (Lipinski definition) is 2. The van der Waals surface area contributed by atoms with E-state index in [0.717, 1.165) is 0 Å². The average molecular weight is 261 g/mol. The van der Waals surface area contributed by atoms with Crippen LogP contribution in [0.2, 0.25) is 0 Å². The van der Waals surface area contributed by atoms with Crippen LogP contribution in [-0.4, -0.2) is 27.8 Å². The first kappa shape index (κ1) is 13.3. The molecular weight excluding hydrogens is 246 g/mol. The molecule has 0 aliphatic carbocycles. The summed E-state index contributed by atoms with van der Waals surface area (Å²) < 4.78 is 30.9. The van der Waals surface area contributed by atoms with E-state index in [4.69, 9.17) is 4.74 Å². The third-order valence-corrected chi connectivity index (χ3v) is 3.79. The summed E-state index contributed by atoms with van der Waals surface area (Å²) in [5.41, 5.74) is 0. The molecule has 1 rings (SSSR count). The molecule has 0 amide bonds. The lowest BCUT2D eigenvalue weighted by atomic mass is 10.3. The molecule has 0 saturated heterocycles. The van der Waals surface area contributed by atoms with Crippen LogP contribution in [0.4, 0.5) is 0 Å². The van der Waals surface area contributed by atoms with Gasteiger partial charge >= 0.3 is 0 Å². The highest BCUT2D eigenvalue weighted by Gasteiger charge is 2.12. The highest BCUT2D eigenvalue weighted by atomic mass is 32.2. The third kappa shape index (κ3) is 3.70. The SMILES string of the molecule is COc1ccc(S(=O)(=O)NCCCS)cc1. The van der Waals surface area contributed by atoms with Crippen LogP contribution in [0.5, 0.6) is 5.75 Å². The van der Waals surface area contributed by atoms with Crippen molar-refractivity contribution in [2.75, 3.05) is 19.4 Å². The first-order chi connectivity index (χ1) is 7.60. The maximum absolute atomic E-state index is 11.7. The third-order valence-electron chi connectivity index (χ3n) is 2.00. The van der Waals surface area contributed by atoms with Crippen LogP contribution in [-0.2, 0) is 10.0 Å². The molecule has 90 valence electrons. The zero-order valence-electron chi connectivity index (χ0n) is 9.01. The maximum Gasteiger partial charge on any atom is 0.240 e. The molecule has 0 aliphatic rings. The second-order valence-corrected chi connectivity index (χ2v) is 5.36. The molecule has 0 saturated carbocycles. The van der Waals surface area contributed by atoms with Gasteiger partial charge in [-0.15, -0.1) is 0 Å². The number of hydrogen-bond acceptors (Lipinski definition) is 4. The normalized spacial score (nSPS) is 11.4. The Morgan fingerprint density at radius 3 is 2.44 bits per heavy atom. The van der Waals surface area contributed by atoms with Crippen molar-refractivity contribution in [1.29, 1.82) is 0 Å². The number of methoxy groups -OCH3 is 1. The number of benzene rings is 1. The van der Waals surface area contributed by atoms with Gasteiger partial charge in [0, 0.05) is 6.54 Å². The molecular formula is C10H15NO3S2. The summed E-state index contributed by atoms with van der Waals surface area (Å²) in [5, 5.41) is 0. The molecule has 0 atom stereocenters. The molecule has 0 bridgehead atoms. The zero-order chi connectivity index (χ0) is 12.0. The highest BCUT2D eigenvalue weighted by molar-refractivity contribution is 7.89. The van der Waals surface area contributed by atoms with Crippen molar-refractivity contribution in [1.82, 2.24) is 4.72 Å². The van der Waals surface area contributed by atoms with E-state index in [1.165, 1.54) is 19.2 Å². The van der Waals surface area contributed by atoms with E-state index in [9.17, 15) is 8.42 Å². The summed E-state index contributed by atoms with van der Waals surface area (Å²) in [7, 11) is -1.86. The molecule has 0 heterocycles. The summed E-state index contributed by atoms with van der Waals surface area (Å²) in [6, 6.07) is 6.27. The van der Waals surface area contributed by atoms with Crippen LogP contribution < -0.4 is 9.46 Å². The fourth-order valence-corrected chi connectivity index (χ4v) is 2.36. The van der Waals surface area contributed by atoms with Crippen molar-refractivity contribution in [2.45, 2.75) is 11.3 Å². The van der Waals surface area contributed by atoms with Gasteiger partial charge in [0.2, 0.25) is 10.0 Å². The minimum atomic E-state index is -3.40. The molecule has 0 fully saturated rings. The summed E-state index contributed by atoms with van der Waals surface area (Å²) in [6.45, 7) is 0.401. The van der Waals surface area contributed by atoms with Gasteiger partial charge in [0.1, 0.15) is 5.75 Å².